The Morgan fingerprint density at radius 1 is 1.67 bits per heavy atom. The maximum absolute atomic E-state index is 10.7. The van der Waals surface area contributed by atoms with Crippen molar-refractivity contribution in [3.05, 3.63) is 0 Å². The lowest BCUT2D eigenvalue weighted by molar-refractivity contribution is -0.210. The van der Waals surface area contributed by atoms with Crippen LogP contribution in [-0.4, -0.2) is 28.8 Å². The highest BCUT2D eigenvalue weighted by molar-refractivity contribution is 5.99. The molecular weight excluding hydrogens is 168 g/mol. The Labute approximate surface area is 67.1 Å². The normalized spacial score (nSPS) is 28.5. The van der Waals surface area contributed by atoms with Crippen molar-refractivity contribution >= 4 is 17.9 Å². The molecule has 6 heteroatoms. The predicted molar refractivity (Wildman–Crippen MR) is 32.4 cm³/mol. The number of carbonyl (C=O) groups is 3. The van der Waals surface area contributed by atoms with Gasteiger partial charge in [-0.3, -0.25) is 9.59 Å². The number of aliphatic hydroxyl groups is 1. The highest BCUT2D eigenvalue weighted by Crippen LogP contribution is 2.22. The fourth-order valence-corrected chi connectivity index (χ4v) is 0.803. The quantitative estimate of drug-likeness (QED) is 0.302. The summed E-state index contributed by atoms with van der Waals surface area (Å²) in [5, 5.41) is 9.16. The van der Waals surface area contributed by atoms with Crippen LogP contribution in [0.1, 0.15) is 13.3 Å². The maximum atomic E-state index is 10.7. The number of carbonyl (C=O) groups excluding carboxylic acids is 3. The number of hydrogen-bond donors (Lipinski definition) is 1. The Morgan fingerprint density at radius 2 is 2.25 bits per heavy atom. The van der Waals surface area contributed by atoms with Crippen LogP contribution in [0, 0.1) is 0 Å². The molecule has 0 amide bonds. The van der Waals surface area contributed by atoms with Crippen molar-refractivity contribution < 1.29 is 29.0 Å². The van der Waals surface area contributed by atoms with E-state index in [1.165, 1.54) is 0 Å². The summed E-state index contributed by atoms with van der Waals surface area (Å²) in [7, 11) is 0. The first-order chi connectivity index (χ1) is 5.44. The second-order valence-electron chi connectivity index (χ2n) is 2.32. The van der Waals surface area contributed by atoms with Gasteiger partial charge in [-0.1, -0.05) is 0 Å². The Hall–Kier alpha value is -1.43. The fourth-order valence-electron chi connectivity index (χ4n) is 0.803. The van der Waals surface area contributed by atoms with Gasteiger partial charge in [0, 0.05) is 6.92 Å². The molecule has 0 bridgehead atoms. The van der Waals surface area contributed by atoms with Crippen molar-refractivity contribution in [2.24, 2.45) is 0 Å². The molecule has 6 nitrogen and oxygen atoms in total. The molecule has 1 aliphatic heterocycles. The van der Waals surface area contributed by atoms with Gasteiger partial charge in [0.15, 0.2) is 0 Å². The smallest absolute Gasteiger partial charge is 0.387 e. The van der Waals surface area contributed by atoms with Gasteiger partial charge < -0.3 is 14.6 Å². The minimum Gasteiger partial charge on any atom is -0.421 e. The van der Waals surface area contributed by atoms with E-state index < -0.39 is 30.1 Å². The van der Waals surface area contributed by atoms with Crippen molar-refractivity contribution in [2.45, 2.75) is 19.1 Å². The Kier molecular flexibility index (Phi) is 1.85. The first kappa shape index (κ1) is 8.66. The third-order valence-electron chi connectivity index (χ3n) is 1.22. The van der Waals surface area contributed by atoms with E-state index in [0.717, 1.165) is 6.92 Å². The van der Waals surface area contributed by atoms with E-state index in [2.05, 4.69) is 9.47 Å². The summed E-state index contributed by atoms with van der Waals surface area (Å²) in [5.74, 6) is -5.43. The molecule has 0 aliphatic carbocycles. The van der Waals surface area contributed by atoms with Gasteiger partial charge in [0.2, 0.25) is 0 Å². The Balaban J connectivity index is 2.77. The molecule has 1 aliphatic rings. The molecule has 12 heavy (non-hydrogen) atoms. The molecule has 0 unspecified atom stereocenters. The molecule has 66 valence electrons. The molecule has 1 atom stereocenters. The highest BCUT2D eigenvalue weighted by Gasteiger charge is 2.51. The molecule has 0 aromatic heterocycles. The zero-order chi connectivity index (χ0) is 9.35. The van der Waals surface area contributed by atoms with Crippen LogP contribution in [0.5, 0.6) is 0 Å². The summed E-state index contributed by atoms with van der Waals surface area (Å²) in [6.45, 7) is 1.01. The van der Waals surface area contributed by atoms with E-state index in [0.29, 0.717) is 0 Å². The van der Waals surface area contributed by atoms with Crippen LogP contribution in [0.15, 0.2) is 0 Å². The van der Waals surface area contributed by atoms with Crippen molar-refractivity contribution in [1.82, 2.24) is 0 Å². The van der Waals surface area contributed by atoms with Gasteiger partial charge in [0.05, 0.1) is 0 Å². The maximum Gasteiger partial charge on any atom is 0.387 e. The molecule has 0 spiro atoms. The Bertz CT molecular complexity index is 257. The minimum absolute atomic E-state index is 0.647. The van der Waals surface area contributed by atoms with Gasteiger partial charge in [0.25, 0.3) is 0 Å². The first-order valence-corrected chi connectivity index (χ1v) is 3.11. The summed E-state index contributed by atoms with van der Waals surface area (Å²) in [6, 6.07) is 0. The third kappa shape index (κ3) is 1.42. The lowest BCUT2D eigenvalue weighted by atomic mass is 10.2. The predicted octanol–water partition coefficient (Wildman–Crippen LogP) is -1.29. The van der Waals surface area contributed by atoms with Gasteiger partial charge >= 0.3 is 23.7 Å². The second-order valence-corrected chi connectivity index (χ2v) is 2.32. The van der Waals surface area contributed by atoms with Crippen LogP contribution >= 0.6 is 0 Å². The SMILES string of the molecule is CC(=O)O[C@]1(O)CC(=O)OC1=O. The molecule has 1 N–H and O–H groups in total. The number of ether oxygens (including phenoxy) is 2. The summed E-state index contributed by atoms with van der Waals surface area (Å²) >= 11 is 0. The van der Waals surface area contributed by atoms with Crippen molar-refractivity contribution in [2.75, 3.05) is 0 Å². The summed E-state index contributed by atoms with van der Waals surface area (Å²) in [6.07, 6.45) is -0.647. The first-order valence-electron chi connectivity index (χ1n) is 3.11. The molecule has 1 heterocycles. The number of esters is 3. The van der Waals surface area contributed by atoms with Gasteiger partial charge in [-0.25, -0.2) is 4.79 Å². The number of rotatable bonds is 1. The van der Waals surface area contributed by atoms with E-state index in [4.69, 9.17) is 5.11 Å². The van der Waals surface area contributed by atoms with Crippen LogP contribution in [0.25, 0.3) is 0 Å². The molecule has 1 fully saturated rings. The largest absolute Gasteiger partial charge is 0.421 e. The van der Waals surface area contributed by atoms with Gasteiger partial charge in [-0.15, -0.1) is 0 Å². The fraction of sp³-hybridized carbons (Fsp3) is 0.500. The lowest BCUT2D eigenvalue weighted by Crippen LogP contribution is -2.38. The van der Waals surface area contributed by atoms with Crippen LogP contribution < -0.4 is 0 Å². The molecule has 0 radical (unpaired) electrons. The van der Waals surface area contributed by atoms with E-state index in [9.17, 15) is 14.4 Å². The van der Waals surface area contributed by atoms with E-state index in [1.807, 2.05) is 0 Å². The summed E-state index contributed by atoms with van der Waals surface area (Å²) in [5.41, 5.74) is 0. The van der Waals surface area contributed by atoms with Gasteiger partial charge in [0.1, 0.15) is 6.42 Å². The van der Waals surface area contributed by atoms with Crippen molar-refractivity contribution in [3.8, 4) is 0 Å². The number of hydrogen-bond acceptors (Lipinski definition) is 6. The van der Waals surface area contributed by atoms with Gasteiger partial charge in [-0.05, 0) is 0 Å². The topological polar surface area (TPSA) is 89.9 Å². The minimum atomic E-state index is -2.41. The third-order valence-corrected chi connectivity index (χ3v) is 1.22. The highest BCUT2D eigenvalue weighted by atomic mass is 16.7. The average Bonchev–Trinajstić information content (AvgIpc) is 2.04. The van der Waals surface area contributed by atoms with Crippen molar-refractivity contribution in [3.63, 3.8) is 0 Å². The van der Waals surface area contributed by atoms with E-state index in [-0.39, 0.29) is 0 Å². The number of cyclic esters (lactones) is 2. The summed E-state index contributed by atoms with van der Waals surface area (Å²) < 4.78 is 8.18. The molecule has 0 aromatic rings. The van der Waals surface area contributed by atoms with Crippen molar-refractivity contribution in [1.29, 1.82) is 0 Å². The summed E-state index contributed by atoms with van der Waals surface area (Å²) in [4.78, 5) is 31.5. The molecular formula is C6H6O6. The Morgan fingerprint density at radius 3 is 2.58 bits per heavy atom. The van der Waals surface area contributed by atoms with Gasteiger partial charge in [-0.2, -0.15) is 0 Å². The molecule has 0 aromatic carbocycles. The van der Waals surface area contributed by atoms with E-state index in [1.54, 1.807) is 0 Å². The van der Waals surface area contributed by atoms with Crippen LogP contribution in [-0.2, 0) is 23.9 Å². The standard InChI is InChI=1S/C6H6O6/c1-3(7)12-6(10)2-4(8)11-5(6)9/h10H,2H2,1H3/t6-/m1/s1. The zero-order valence-electron chi connectivity index (χ0n) is 6.20. The second kappa shape index (κ2) is 2.56. The monoisotopic (exact) mass is 174 g/mol. The van der Waals surface area contributed by atoms with E-state index >= 15 is 0 Å². The average molecular weight is 174 g/mol. The molecule has 1 saturated heterocycles. The molecule has 0 saturated carbocycles. The van der Waals surface area contributed by atoms with Crippen LogP contribution in [0.3, 0.4) is 0 Å². The molecule has 1 rings (SSSR count). The van der Waals surface area contributed by atoms with Crippen LogP contribution in [0.2, 0.25) is 0 Å². The van der Waals surface area contributed by atoms with Crippen LogP contribution in [0.4, 0.5) is 0 Å². The lowest BCUT2D eigenvalue weighted by Gasteiger charge is -2.14. The zero-order valence-corrected chi connectivity index (χ0v) is 6.20.